The average Bonchev–Trinajstić information content (AvgIpc) is 3.43. The minimum absolute atomic E-state index is 0.326. The van der Waals surface area contributed by atoms with E-state index in [1.165, 1.54) is 0 Å². The second kappa shape index (κ2) is 21.0. The molecule has 0 amide bonds. The maximum absolute atomic E-state index is 13.9. The summed E-state index contributed by atoms with van der Waals surface area (Å²) in [5, 5.41) is 0. The molecule has 2 aliphatic heterocycles. The topological polar surface area (TPSA) is 68.3 Å². The van der Waals surface area contributed by atoms with E-state index < -0.39 is 30.5 Å². The van der Waals surface area contributed by atoms with Crippen molar-refractivity contribution < 1.29 is 16.8 Å². The van der Waals surface area contributed by atoms with Crippen LogP contribution in [0.15, 0.2) is 303 Å². The lowest BCUT2D eigenvalue weighted by Crippen LogP contribution is -2.29. The normalized spacial score (nSPS) is 15.9. The number of benzene rings is 9. The van der Waals surface area contributed by atoms with Gasteiger partial charge in [0.2, 0.25) is 19.7 Å². The van der Waals surface area contributed by atoms with Gasteiger partial charge in [-0.3, -0.25) is 0 Å². The highest BCUT2D eigenvalue weighted by Gasteiger charge is 2.42. The van der Waals surface area contributed by atoms with Crippen LogP contribution in [0.25, 0.3) is 19.6 Å². The summed E-state index contributed by atoms with van der Waals surface area (Å²) >= 11 is 0. The molecule has 70 heavy (non-hydrogen) atoms. The van der Waals surface area contributed by atoms with E-state index in [9.17, 15) is 16.8 Å². The molecule has 0 aliphatic carbocycles. The standard InChI is InChI=1S/2C29H22O2S.C6H6/c2*30-32(31)27(23-13-5-1-6-14-23)21-29(25-17-9-3-10-18-25,26-19-11-4-12-20-26)22-28(32)24-15-7-2-8-16-24;1-2-4-6-5-3-1/h2*1-22H;1-6H. The second-order valence-electron chi connectivity index (χ2n) is 16.9. The molecule has 0 radical (unpaired) electrons. The van der Waals surface area contributed by atoms with Gasteiger partial charge in [0.1, 0.15) is 0 Å². The van der Waals surface area contributed by atoms with Gasteiger partial charge < -0.3 is 0 Å². The first kappa shape index (κ1) is 46.9. The fourth-order valence-corrected chi connectivity index (χ4v) is 12.7. The maximum atomic E-state index is 13.9. The van der Waals surface area contributed by atoms with Gasteiger partial charge in [0.25, 0.3) is 0 Å². The van der Waals surface area contributed by atoms with E-state index in [4.69, 9.17) is 0 Å². The highest BCUT2D eigenvalue weighted by Crippen LogP contribution is 2.49. The van der Waals surface area contributed by atoms with Crippen molar-refractivity contribution >= 4 is 39.3 Å². The third-order valence-electron chi connectivity index (χ3n) is 12.5. The zero-order valence-corrected chi connectivity index (χ0v) is 39.9. The molecular formula is C64H50O4S2. The summed E-state index contributed by atoms with van der Waals surface area (Å²) in [5.74, 6) is 0. The molecule has 6 heteroatoms. The molecule has 0 N–H and O–H groups in total. The molecule has 2 heterocycles. The summed E-state index contributed by atoms with van der Waals surface area (Å²) in [6, 6.07) is 89.8. The van der Waals surface area contributed by atoms with Crippen molar-refractivity contribution in [2.24, 2.45) is 0 Å². The van der Waals surface area contributed by atoms with Gasteiger partial charge in [-0.15, -0.1) is 0 Å². The lowest BCUT2D eigenvalue weighted by atomic mass is 9.73. The molecule has 9 aromatic rings. The fraction of sp³-hybridized carbons (Fsp3) is 0.0312. The van der Waals surface area contributed by atoms with E-state index in [2.05, 4.69) is 48.5 Å². The van der Waals surface area contributed by atoms with Gasteiger partial charge in [-0.1, -0.05) is 279 Å². The molecule has 2 aliphatic rings. The van der Waals surface area contributed by atoms with Crippen LogP contribution in [-0.4, -0.2) is 16.8 Å². The average molecular weight is 947 g/mol. The molecule has 0 aromatic heterocycles. The fourth-order valence-electron chi connectivity index (χ4n) is 9.06. The van der Waals surface area contributed by atoms with Crippen molar-refractivity contribution in [2.45, 2.75) is 10.8 Å². The minimum Gasteiger partial charge on any atom is -0.218 e. The summed E-state index contributed by atoms with van der Waals surface area (Å²) in [5.41, 5.74) is 5.34. The SMILES string of the molecule is O=S1(=O)C(c2ccccc2)=CC(c2ccccc2)(c2ccccc2)C=C1c1ccccc1.O=S1(=O)C(c2ccccc2)=CC(c2ccccc2)(c2ccccc2)C=C1c1ccccc1.c1ccccc1. The monoisotopic (exact) mass is 946 g/mol. The van der Waals surface area contributed by atoms with Crippen molar-refractivity contribution in [1.82, 2.24) is 0 Å². The lowest BCUT2D eigenvalue weighted by Gasteiger charge is -2.34. The summed E-state index contributed by atoms with van der Waals surface area (Å²) in [6.07, 6.45) is 7.65. The molecule has 9 aromatic carbocycles. The number of hydrogen-bond acceptors (Lipinski definition) is 4. The Morgan fingerprint density at radius 1 is 0.200 bits per heavy atom. The van der Waals surface area contributed by atoms with Crippen molar-refractivity contribution in [1.29, 1.82) is 0 Å². The van der Waals surface area contributed by atoms with Crippen molar-refractivity contribution in [2.75, 3.05) is 0 Å². The number of sulfone groups is 2. The summed E-state index contributed by atoms with van der Waals surface area (Å²) in [4.78, 5) is 1.30. The summed E-state index contributed by atoms with van der Waals surface area (Å²) < 4.78 is 55.7. The van der Waals surface area contributed by atoms with Gasteiger partial charge in [0.05, 0.1) is 30.5 Å². The van der Waals surface area contributed by atoms with E-state index in [1.807, 2.05) is 255 Å². The molecule has 0 spiro atoms. The van der Waals surface area contributed by atoms with Crippen molar-refractivity contribution in [3.05, 3.63) is 348 Å². The molecule has 4 nitrogen and oxygen atoms in total. The van der Waals surface area contributed by atoms with E-state index >= 15 is 0 Å². The van der Waals surface area contributed by atoms with Crippen LogP contribution in [0.2, 0.25) is 0 Å². The Morgan fingerprint density at radius 3 is 0.514 bits per heavy atom. The van der Waals surface area contributed by atoms with Crippen LogP contribution >= 0.6 is 0 Å². The molecule has 0 fully saturated rings. The first-order valence-corrected chi connectivity index (χ1v) is 26.0. The van der Waals surface area contributed by atoms with E-state index in [-0.39, 0.29) is 0 Å². The molecule has 0 atom stereocenters. The molecule has 0 bridgehead atoms. The van der Waals surface area contributed by atoms with E-state index in [0.29, 0.717) is 41.9 Å². The van der Waals surface area contributed by atoms with Crippen LogP contribution in [0, 0.1) is 0 Å². The minimum atomic E-state index is -3.74. The predicted molar refractivity (Wildman–Crippen MR) is 289 cm³/mol. The molecule has 0 saturated carbocycles. The van der Waals surface area contributed by atoms with Gasteiger partial charge in [-0.2, -0.15) is 0 Å². The van der Waals surface area contributed by atoms with Gasteiger partial charge in [0, 0.05) is 0 Å². The Labute approximate surface area is 412 Å². The van der Waals surface area contributed by atoms with Crippen LogP contribution in [0.5, 0.6) is 0 Å². The molecular weight excluding hydrogens is 897 g/mol. The molecule has 0 saturated heterocycles. The second-order valence-corrected chi connectivity index (χ2v) is 20.6. The van der Waals surface area contributed by atoms with Crippen molar-refractivity contribution in [3.8, 4) is 0 Å². The Morgan fingerprint density at radius 2 is 0.343 bits per heavy atom. The van der Waals surface area contributed by atoms with Crippen LogP contribution < -0.4 is 0 Å². The number of hydrogen-bond donors (Lipinski definition) is 0. The zero-order valence-electron chi connectivity index (χ0n) is 38.3. The van der Waals surface area contributed by atoms with E-state index in [1.54, 1.807) is 0 Å². The third-order valence-corrected chi connectivity index (χ3v) is 16.2. The smallest absolute Gasteiger partial charge is 0.207 e. The van der Waals surface area contributed by atoms with Gasteiger partial charge in [-0.05, 0) is 68.8 Å². The lowest BCUT2D eigenvalue weighted by molar-refractivity contribution is 0.611. The quantitative estimate of drug-likeness (QED) is 0.152. The Kier molecular flexibility index (Phi) is 14.1. The Balaban J connectivity index is 0.000000155. The van der Waals surface area contributed by atoms with Crippen LogP contribution in [0.1, 0.15) is 44.5 Å². The van der Waals surface area contributed by atoms with Crippen LogP contribution in [0.4, 0.5) is 0 Å². The van der Waals surface area contributed by atoms with Gasteiger partial charge >= 0.3 is 0 Å². The van der Waals surface area contributed by atoms with Crippen LogP contribution in [-0.2, 0) is 30.5 Å². The Hall–Kier alpha value is -8.16. The number of rotatable bonds is 8. The number of allylic oxidation sites excluding steroid dienone is 4. The zero-order chi connectivity index (χ0) is 48.3. The summed E-state index contributed by atoms with van der Waals surface area (Å²) in [7, 11) is -7.47. The molecule has 0 unspecified atom stereocenters. The van der Waals surface area contributed by atoms with E-state index in [0.717, 1.165) is 22.3 Å². The van der Waals surface area contributed by atoms with Crippen LogP contribution in [0.3, 0.4) is 0 Å². The highest BCUT2D eigenvalue weighted by atomic mass is 32.2. The first-order chi connectivity index (χ1) is 34.2. The first-order valence-electron chi connectivity index (χ1n) is 23.1. The largest absolute Gasteiger partial charge is 0.218 e. The predicted octanol–water partition coefficient (Wildman–Crippen LogP) is 14.7. The molecule has 11 rings (SSSR count). The molecule has 342 valence electrons. The Bertz CT molecular complexity index is 3030. The maximum Gasteiger partial charge on any atom is 0.207 e. The summed E-state index contributed by atoms with van der Waals surface area (Å²) in [6.45, 7) is 0. The van der Waals surface area contributed by atoms with Gasteiger partial charge in [0.15, 0.2) is 0 Å². The highest BCUT2D eigenvalue weighted by molar-refractivity contribution is 8.09. The third kappa shape index (κ3) is 9.74. The van der Waals surface area contributed by atoms with Gasteiger partial charge in [-0.25, -0.2) is 16.8 Å². The van der Waals surface area contributed by atoms with Crippen molar-refractivity contribution in [3.63, 3.8) is 0 Å².